The number of anilines is 1. The van der Waals surface area contributed by atoms with E-state index in [1.165, 1.54) is 24.6 Å². The summed E-state index contributed by atoms with van der Waals surface area (Å²) in [5.74, 6) is -0.354. The highest BCUT2D eigenvalue weighted by Crippen LogP contribution is 2.31. The average Bonchev–Trinajstić information content (AvgIpc) is 2.85. The first-order chi connectivity index (χ1) is 14.0. The van der Waals surface area contributed by atoms with Crippen LogP contribution in [0, 0.1) is 10.1 Å². The fourth-order valence-corrected chi connectivity index (χ4v) is 3.76. The van der Waals surface area contributed by atoms with Crippen LogP contribution >= 0.6 is 11.6 Å². The minimum Gasteiger partial charge on any atom is -0.375 e. The van der Waals surface area contributed by atoms with Crippen LogP contribution < -0.4 is 5.32 Å². The van der Waals surface area contributed by atoms with Crippen molar-refractivity contribution in [1.82, 2.24) is 4.90 Å². The summed E-state index contributed by atoms with van der Waals surface area (Å²) >= 11 is 6.41. The number of nitrogens with zero attached hydrogens (tertiary/aromatic N) is 3. The number of benzodiazepines with no additional fused rings is 1. The van der Waals surface area contributed by atoms with Gasteiger partial charge in [-0.3, -0.25) is 14.9 Å². The van der Waals surface area contributed by atoms with Crippen molar-refractivity contribution >= 4 is 34.6 Å². The van der Waals surface area contributed by atoms with E-state index in [-0.39, 0.29) is 17.3 Å². The van der Waals surface area contributed by atoms with E-state index >= 15 is 0 Å². The number of carbonyl (C=O) groups is 1. The quantitative estimate of drug-likeness (QED) is 0.462. The standard InChI is InChI=1S/C21H19ClN4O3/c22-17-7-3-2-6-15(17)20-16-12-14(26(28)29)8-9-18(16)24-21(27)19(23-20)13-25-10-4-1-5-11-25/h2-3,6-9,12-13H,1,4-5,10-11H2,(H,24,27). The highest BCUT2D eigenvalue weighted by Gasteiger charge is 2.25. The molecule has 0 atom stereocenters. The Balaban J connectivity index is 1.89. The second kappa shape index (κ2) is 8.05. The van der Waals surface area contributed by atoms with Crippen molar-refractivity contribution in [2.24, 2.45) is 4.99 Å². The SMILES string of the molecule is O=C1Nc2ccc([N+](=O)[O-])cc2C(c2ccccc2Cl)=NC1=CN1CCCCC1. The van der Waals surface area contributed by atoms with Crippen molar-refractivity contribution in [3.05, 3.63) is 80.6 Å². The fraction of sp³-hybridized carbons (Fsp3) is 0.238. The first-order valence-electron chi connectivity index (χ1n) is 9.42. The topological polar surface area (TPSA) is 87.8 Å². The number of hydrogen-bond donors (Lipinski definition) is 1. The first kappa shape index (κ1) is 19.1. The Morgan fingerprint density at radius 1 is 1.10 bits per heavy atom. The maximum atomic E-state index is 12.9. The molecular weight excluding hydrogens is 392 g/mol. The van der Waals surface area contributed by atoms with Gasteiger partial charge in [0.2, 0.25) is 0 Å². The van der Waals surface area contributed by atoms with Gasteiger partial charge in [-0.25, -0.2) is 4.99 Å². The van der Waals surface area contributed by atoms with Gasteiger partial charge in [-0.2, -0.15) is 0 Å². The minimum atomic E-state index is -0.471. The van der Waals surface area contributed by atoms with Gasteiger partial charge in [0, 0.05) is 47.6 Å². The second-order valence-corrected chi connectivity index (χ2v) is 7.40. The normalized spacial score (nSPS) is 18.0. The Kier molecular flexibility index (Phi) is 5.31. The van der Waals surface area contributed by atoms with Crippen molar-refractivity contribution in [1.29, 1.82) is 0 Å². The van der Waals surface area contributed by atoms with Gasteiger partial charge in [-0.15, -0.1) is 0 Å². The molecule has 8 heteroatoms. The number of aliphatic imine (C=N–C) groups is 1. The first-order valence-corrected chi connectivity index (χ1v) is 9.80. The number of amides is 1. The maximum Gasteiger partial charge on any atom is 0.275 e. The number of rotatable bonds is 3. The van der Waals surface area contributed by atoms with Crippen LogP contribution in [-0.2, 0) is 4.79 Å². The fourth-order valence-electron chi connectivity index (χ4n) is 3.53. The van der Waals surface area contributed by atoms with E-state index in [4.69, 9.17) is 11.6 Å². The molecule has 1 amide bonds. The number of nitro benzene ring substituents is 1. The Morgan fingerprint density at radius 2 is 1.86 bits per heavy atom. The molecule has 0 saturated carbocycles. The van der Waals surface area contributed by atoms with Crippen LogP contribution in [0.1, 0.15) is 30.4 Å². The third-order valence-corrected chi connectivity index (χ3v) is 5.34. The van der Waals surface area contributed by atoms with Gasteiger partial charge in [-0.1, -0.05) is 29.8 Å². The molecule has 2 aromatic carbocycles. The highest BCUT2D eigenvalue weighted by molar-refractivity contribution is 6.36. The lowest BCUT2D eigenvalue weighted by Gasteiger charge is -2.25. The summed E-state index contributed by atoms with van der Waals surface area (Å²) in [6, 6.07) is 11.4. The average molecular weight is 411 g/mol. The van der Waals surface area contributed by atoms with Crippen molar-refractivity contribution in [3.8, 4) is 0 Å². The number of piperidine rings is 1. The van der Waals surface area contributed by atoms with Crippen molar-refractivity contribution in [2.45, 2.75) is 19.3 Å². The summed E-state index contributed by atoms with van der Waals surface area (Å²) in [6.07, 6.45) is 5.08. The summed E-state index contributed by atoms with van der Waals surface area (Å²) in [5, 5.41) is 14.6. The largest absolute Gasteiger partial charge is 0.375 e. The molecule has 0 radical (unpaired) electrons. The van der Waals surface area contributed by atoms with Gasteiger partial charge >= 0.3 is 0 Å². The monoisotopic (exact) mass is 410 g/mol. The molecule has 2 aromatic rings. The van der Waals surface area contributed by atoms with E-state index in [0.29, 0.717) is 27.5 Å². The number of likely N-dealkylation sites (tertiary alicyclic amines) is 1. The van der Waals surface area contributed by atoms with Crippen LogP contribution in [0.3, 0.4) is 0 Å². The van der Waals surface area contributed by atoms with E-state index in [9.17, 15) is 14.9 Å². The lowest BCUT2D eigenvalue weighted by molar-refractivity contribution is -0.384. The number of fused-ring (bicyclic) bond motifs is 1. The molecule has 2 aliphatic heterocycles. The Morgan fingerprint density at radius 3 is 2.59 bits per heavy atom. The zero-order valence-electron chi connectivity index (χ0n) is 15.6. The van der Waals surface area contributed by atoms with Gasteiger partial charge in [0.1, 0.15) is 5.70 Å². The Labute approximate surface area is 172 Å². The summed E-state index contributed by atoms with van der Waals surface area (Å²) in [4.78, 5) is 30.4. The van der Waals surface area contributed by atoms with E-state index < -0.39 is 4.92 Å². The molecule has 2 heterocycles. The Hall–Kier alpha value is -3.19. The Bertz CT molecular complexity index is 1040. The van der Waals surface area contributed by atoms with Crippen LogP contribution in [0.5, 0.6) is 0 Å². The third-order valence-electron chi connectivity index (χ3n) is 5.01. The molecule has 4 rings (SSSR count). The van der Waals surface area contributed by atoms with E-state index in [2.05, 4.69) is 15.2 Å². The lowest BCUT2D eigenvalue weighted by atomic mass is 10.00. The van der Waals surface area contributed by atoms with Crippen LogP contribution in [0.15, 0.2) is 59.4 Å². The van der Waals surface area contributed by atoms with Crippen LogP contribution in [0.4, 0.5) is 11.4 Å². The van der Waals surface area contributed by atoms with Gasteiger partial charge in [0.25, 0.3) is 11.6 Å². The summed E-state index contributed by atoms with van der Waals surface area (Å²) in [7, 11) is 0. The van der Waals surface area contributed by atoms with Gasteiger partial charge in [-0.05, 0) is 31.4 Å². The van der Waals surface area contributed by atoms with Crippen molar-refractivity contribution in [3.63, 3.8) is 0 Å². The molecule has 1 fully saturated rings. The zero-order chi connectivity index (χ0) is 20.4. The van der Waals surface area contributed by atoms with Gasteiger partial charge in [0.15, 0.2) is 0 Å². The molecule has 29 heavy (non-hydrogen) atoms. The number of non-ortho nitro benzene ring substituents is 1. The molecule has 0 aliphatic carbocycles. The molecule has 2 aliphatic rings. The number of nitro groups is 1. The molecule has 148 valence electrons. The maximum absolute atomic E-state index is 12.9. The van der Waals surface area contributed by atoms with E-state index in [1.54, 1.807) is 24.4 Å². The summed E-state index contributed by atoms with van der Waals surface area (Å²) < 4.78 is 0. The molecular formula is C21H19ClN4O3. The van der Waals surface area contributed by atoms with E-state index in [1.807, 2.05) is 6.07 Å². The smallest absolute Gasteiger partial charge is 0.275 e. The molecule has 0 aromatic heterocycles. The molecule has 1 N–H and O–H groups in total. The van der Waals surface area contributed by atoms with Crippen LogP contribution in [0.2, 0.25) is 5.02 Å². The zero-order valence-corrected chi connectivity index (χ0v) is 16.4. The molecule has 0 bridgehead atoms. The number of halogens is 1. The predicted molar refractivity (Wildman–Crippen MR) is 112 cm³/mol. The van der Waals surface area contributed by atoms with Crippen molar-refractivity contribution < 1.29 is 9.72 Å². The predicted octanol–water partition coefficient (Wildman–Crippen LogP) is 4.37. The van der Waals surface area contributed by atoms with Crippen LogP contribution in [0.25, 0.3) is 0 Å². The highest BCUT2D eigenvalue weighted by atomic mass is 35.5. The van der Waals surface area contributed by atoms with Gasteiger partial charge in [0.05, 0.1) is 16.3 Å². The number of carbonyl (C=O) groups excluding carboxylic acids is 1. The lowest BCUT2D eigenvalue weighted by Crippen LogP contribution is -2.26. The number of nitrogens with one attached hydrogen (secondary N) is 1. The molecule has 1 saturated heterocycles. The molecule has 0 unspecified atom stereocenters. The third kappa shape index (κ3) is 4.00. The van der Waals surface area contributed by atoms with Crippen LogP contribution in [-0.4, -0.2) is 34.5 Å². The molecule has 0 spiro atoms. The summed E-state index contributed by atoms with van der Waals surface area (Å²) in [5.41, 5.74) is 2.12. The second-order valence-electron chi connectivity index (χ2n) is 6.99. The molecule has 7 nitrogen and oxygen atoms in total. The summed E-state index contributed by atoms with van der Waals surface area (Å²) in [6.45, 7) is 1.73. The van der Waals surface area contributed by atoms with Gasteiger partial charge < -0.3 is 10.2 Å². The number of hydrogen-bond acceptors (Lipinski definition) is 5. The van der Waals surface area contributed by atoms with E-state index in [0.717, 1.165) is 25.9 Å². The minimum absolute atomic E-state index is 0.0822. The number of benzene rings is 2. The van der Waals surface area contributed by atoms with Crippen molar-refractivity contribution in [2.75, 3.05) is 18.4 Å².